The number of nitrogens with zero attached hydrogens (tertiary/aromatic N) is 2. The predicted octanol–water partition coefficient (Wildman–Crippen LogP) is 2.51. The van der Waals surface area contributed by atoms with Gasteiger partial charge in [0.05, 0.1) is 29.7 Å². The Hall–Kier alpha value is -1.52. The fourth-order valence-corrected chi connectivity index (χ4v) is 2.44. The highest BCUT2D eigenvalue weighted by molar-refractivity contribution is 6.32. The van der Waals surface area contributed by atoms with Gasteiger partial charge in [0.2, 0.25) is 0 Å². The van der Waals surface area contributed by atoms with E-state index in [4.69, 9.17) is 16.3 Å². The third-order valence-electron chi connectivity index (χ3n) is 3.31. The fourth-order valence-electron chi connectivity index (χ4n) is 2.22. The van der Waals surface area contributed by atoms with Crippen molar-refractivity contribution in [3.8, 4) is 11.4 Å². The van der Waals surface area contributed by atoms with Gasteiger partial charge in [0.25, 0.3) is 0 Å². The number of para-hydroxylation sites is 1. The summed E-state index contributed by atoms with van der Waals surface area (Å²) in [5.41, 5.74) is 0.863. The molecule has 1 saturated heterocycles. The quantitative estimate of drug-likeness (QED) is 0.933. The van der Waals surface area contributed by atoms with Gasteiger partial charge in [0, 0.05) is 12.5 Å². The summed E-state index contributed by atoms with van der Waals surface area (Å²) in [7, 11) is 0. The lowest BCUT2D eigenvalue weighted by Crippen LogP contribution is -2.15. The number of hydrogen-bond acceptors (Lipinski definition) is 3. The largest absolute Gasteiger partial charge is 0.490 e. The standard InChI is InChI=1S/C14H16ClN3O/c15-13-3-1-2-4-14(13)18-9-12(8-17-18)19-10-11-5-6-16-7-11/h1-4,8-9,11,16H,5-7,10H2. The Balaban J connectivity index is 1.67. The van der Waals surface area contributed by atoms with E-state index < -0.39 is 0 Å². The molecular formula is C14H16ClN3O. The SMILES string of the molecule is Clc1ccccc1-n1cc(OCC2CCNC2)cn1. The van der Waals surface area contributed by atoms with Crippen molar-refractivity contribution < 1.29 is 4.74 Å². The van der Waals surface area contributed by atoms with Crippen molar-refractivity contribution in [2.75, 3.05) is 19.7 Å². The molecule has 0 spiro atoms. The first kappa shape index (κ1) is 12.5. The van der Waals surface area contributed by atoms with Crippen molar-refractivity contribution in [3.05, 3.63) is 41.7 Å². The molecule has 0 saturated carbocycles. The first-order valence-corrected chi connectivity index (χ1v) is 6.84. The fraction of sp³-hybridized carbons (Fsp3) is 0.357. The summed E-state index contributed by atoms with van der Waals surface area (Å²) >= 11 is 6.14. The maximum Gasteiger partial charge on any atom is 0.157 e. The van der Waals surface area contributed by atoms with Crippen LogP contribution in [0.25, 0.3) is 5.69 Å². The van der Waals surface area contributed by atoms with Crippen LogP contribution in [-0.4, -0.2) is 29.5 Å². The Morgan fingerprint density at radius 1 is 1.42 bits per heavy atom. The number of aromatic nitrogens is 2. The number of ether oxygens (including phenoxy) is 1. The van der Waals surface area contributed by atoms with Crippen molar-refractivity contribution >= 4 is 11.6 Å². The minimum absolute atomic E-state index is 0.601. The average molecular weight is 278 g/mol. The van der Waals surface area contributed by atoms with E-state index in [1.165, 1.54) is 6.42 Å². The zero-order valence-corrected chi connectivity index (χ0v) is 11.3. The molecule has 2 heterocycles. The molecular weight excluding hydrogens is 262 g/mol. The second-order valence-corrected chi connectivity index (χ2v) is 5.15. The lowest BCUT2D eigenvalue weighted by Gasteiger charge is -2.08. The van der Waals surface area contributed by atoms with Gasteiger partial charge >= 0.3 is 0 Å². The second-order valence-electron chi connectivity index (χ2n) is 4.74. The molecule has 1 unspecified atom stereocenters. The van der Waals surface area contributed by atoms with Crippen LogP contribution in [0.3, 0.4) is 0 Å². The van der Waals surface area contributed by atoms with Crippen molar-refractivity contribution in [2.45, 2.75) is 6.42 Å². The summed E-state index contributed by atoms with van der Waals surface area (Å²) in [5.74, 6) is 1.38. The molecule has 0 aliphatic carbocycles. The summed E-state index contributed by atoms with van der Waals surface area (Å²) < 4.78 is 7.51. The monoisotopic (exact) mass is 277 g/mol. The summed E-state index contributed by atoms with van der Waals surface area (Å²) in [6, 6.07) is 7.62. The number of benzene rings is 1. The molecule has 1 fully saturated rings. The first-order valence-electron chi connectivity index (χ1n) is 6.46. The highest BCUT2D eigenvalue weighted by Gasteiger charge is 2.15. The second kappa shape index (κ2) is 5.63. The molecule has 0 amide bonds. The molecule has 1 aromatic carbocycles. The van der Waals surface area contributed by atoms with E-state index in [-0.39, 0.29) is 0 Å². The van der Waals surface area contributed by atoms with Crippen molar-refractivity contribution in [1.82, 2.24) is 15.1 Å². The number of halogens is 1. The van der Waals surface area contributed by atoms with Crippen molar-refractivity contribution in [3.63, 3.8) is 0 Å². The van der Waals surface area contributed by atoms with Gasteiger partial charge in [-0.15, -0.1) is 0 Å². The van der Waals surface area contributed by atoms with Gasteiger partial charge in [-0.05, 0) is 25.1 Å². The van der Waals surface area contributed by atoms with Crippen LogP contribution in [0.2, 0.25) is 5.02 Å². The number of nitrogens with one attached hydrogen (secondary N) is 1. The Bertz CT molecular complexity index is 549. The van der Waals surface area contributed by atoms with Gasteiger partial charge in [-0.3, -0.25) is 0 Å². The van der Waals surface area contributed by atoms with Gasteiger partial charge < -0.3 is 10.1 Å². The number of hydrogen-bond donors (Lipinski definition) is 1. The van der Waals surface area contributed by atoms with E-state index in [0.29, 0.717) is 10.9 Å². The molecule has 1 aliphatic rings. The van der Waals surface area contributed by atoms with Crippen LogP contribution >= 0.6 is 11.6 Å². The Labute approximate surface area is 117 Å². The molecule has 0 radical (unpaired) electrons. The molecule has 0 bridgehead atoms. The van der Waals surface area contributed by atoms with Crippen molar-refractivity contribution in [1.29, 1.82) is 0 Å². The average Bonchev–Trinajstić information content (AvgIpc) is 3.08. The molecule has 100 valence electrons. The van der Waals surface area contributed by atoms with Crippen LogP contribution in [0.5, 0.6) is 5.75 Å². The van der Waals surface area contributed by atoms with E-state index >= 15 is 0 Å². The maximum absolute atomic E-state index is 6.14. The molecule has 2 aromatic rings. The highest BCUT2D eigenvalue weighted by Crippen LogP contribution is 2.21. The van der Waals surface area contributed by atoms with E-state index in [0.717, 1.165) is 31.1 Å². The normalized spacial score (nSPS) is 18.7. The van der Waals surface area contributed by atoms with E-state index in [2.05, 4.69) is 10.4 Å². The molecule has 5 heteroatoms. The molecule has 4 nitrogen and oxygen atoms in total. The third-order valence-corrected chi connectivity index (χ3v) is 3.63. The minimum Gasteiger partial charge on any atom is -0.490 e. The third kappa shape index (κ3) is 2.91. The van der Waals surface area contributed by atoms with E-state index in [9.17, 15) is 0 Å². The highest BCUT2D eigenvalue weighted by atomic mass is 35.5. The van der Waals surface area contributed by atoms with E-state index in [1.807, 2.05) is 30.5 Å². The van der Waals surface area contributed by atoms with Gasteiger partial charge in [0.1, 0.15) is 0 Å². The van der Waals surface area contributed by atoms with Crippen LogP contribution in [0.15, 0.2) is 36.7 Å². The summed E-state index contributed by atoms with van der Waals surface area (Å²) in [4.78, 5) is 0. The summed E-state index contributed by atoms with van der Waals surface area (Å²) in [5, 5.41) is 8.29. The molecule has 1 atom stereocenters. The zero-order valence-electron chi connectivity index (χ0n) is 10.6. The smallest absolute Gasteiger partial charge is 0.157 e. The van der Waals surface area contributed by atoms with Crippen LogP contribution in [0.4, 0.5) is 0 Å². The lowest BCUT2D eigenvalue weighted by molar-refractivity contribution is 0.260. The van der Waals surface area contributed by atoms with Gasteiger partial charge in [-0.25, -0.2) is 4.68 Å². The van der Waals surface area contributed by atoms with Crippen molar-refractivity contribution in [2.24, 2.45) is 5.92 Å². The summed E-state index contributed by atoms with van der Waals surface area (Å²) in [6.45, 7) is 2.87. The molecule has 1 aliphatic heterocycles. The molecule has 1 aromatic heterocycles. The Kier molecular flexibility index (Phi) is 3.71. The first-order chi connectivity index (χ1) is 9.33. The van der Waals surface area contributed by atoms with Gasteiger partial charge in [-0.1, -0.05) is 23.7 Å². The van der Waals surface area contributed by atoms with Gasteiger partial charge in [-0.2, -0.15) is 5.10 Å². The summed E-state index contributed by atoms with van der Waals surface area (Å²) in [6.07, 6.45) is 4.77. The molecule has 19 heavy (non-hydrogen) atoms. The lowest BCUT2D eigenvalue weighted by atomic mass is 10.1. The van der Waals surface area contributed by atoms with Crippen LogP contribution in [0.1, 0.15) is 6.42 Å². The van der Waals surface area contributed by atoms with Gasteiger partial charge in [0.15, 0.2) is 5.75 Å². The maximum atomic E-state index is 6.14. The van der Waals surface area contributed by atoms with Crippen LogP contribution in [0, 0.1) is 5.92 Å². The predicted molar refractivity (Wildman–Crippen MR) is 75.0 cm³/mol. The molecule has 1 N–H and O–H groups in total. The Morgan fingerprint density at radius 2 is 2.32 bits per heavy atom. The molecule has 3 rings (SSSR count). The Morgan fingerprint density at radius 3 is 3.11 bits per heavy atom. The topological polar surface area (TPSA) is 39.1 Å². The van der Waals surface area contributed by atoms with E-state index in [1.54, 1.807) is 10.9 Å². The number of rotatable bonds is 4. The minimum atomic E-state index is 0.601. The van der Waals surface area contributed by atoms with Crippen LogP contribution < -0.4 is 10.1 Å². The zero-order chi connectivity index (χ0) is 13.1. The van der Waals surface area contributed by atoms with Crippen LogP contribution in [-0.2, 0) is 0 Å².